The van der Waals surface area contributed by atoms with Crippen LogP contribution in [-0.2, 0) is 14.3 Å². The topological polar surface area (TPSA) is 121 Å². The average molecular weight is 349 g/mol. The lowest BCUT2D eigenvalue weighted by Crippen LogP contribution is -2.35. The molecule has 3 heterocycles. The summed E-state index contributed by atoms with van der Waals surface area (Å²) in [6.07, 6.45) is 3.13. The van der Waals surface area contributed by atoms with Crippen molar-refractivity contribution in [1.29, 1.82) is 0 Å². The molecule has 1 saturated heterocycles. The van der Waals surface area contributed by atoms with Crippen molar-refractivity contribution < 1.29 is 14.3 Å². The number of hydrogen-bond donors (Lipinski definition) is 1. The van der Waals surface area contributed by atoms with E-state index in [0.717, 1.165) is 0 Å². The first-order chi connectivity index (χ1) is 11.9. The zero-order valence-electron chi connectivity index (χ0n) is 14.1. The summed E-state index contributed by atoms with van der Waals surface area (Å²) in [4.78, 5) is 41.2. The molecule has 0 bridgehead atoms. The van der Waals surface area contributed by atoms with Gasteiger partial charge in [-0.25, -0.2) is 14.5 Å². The number of carbonyl (C=O) groups is 1. The molecule has 3 rings (SSSR count). The molecular weight excluding hydrogens is 330 g/mol. The van der Waals surface area contributed by atoms with Crippen molar-refractivity contribution in [3.05, 3.63) is 45.3 Å². The third kappa shape index (κ3) is 3.38. The Kier molecular flexibility index (Phi) is 4.53. The maximum absolute atomic E-state index is 12.1. The SMILES string of the molecule is CC(=O)O[C@@H](C)[C@@H]1O[C@@H](n2cc(C)c(=O)[nH]c2=O)C[C@@H]1n1cncn1. The van der Waals surface area contributed by atoms with Crippen LogP contribution in [0, 0.1) is 6.92 Å². The Hall–Kier alpha value is -2.75. The van der Waals surface area contributed by atoms with Crippen LogP contribution in [0.15, 0.2) is 28.4 Å². The Morgan fingerprint density at radius 2 is 2.24 bits per heavy atom. The minimum absolute atomic E-state index is 0.277. The number of nitrogens with zero attached hydrogens (tertiary/aromatic N) is 4. The van der Waals surface area contributed by atoms with Gasteiger partial charge in [0.15, 0.2) is 0 Å². The summed E-state index contributed by atoms with van der Waals surface area (Å²) in [6.45, 7) is 4.65. The molecule has 0 aromatic carbocycles. The molecule has 0 spiro atoms. The number of carbonyl (C=O) groups excluding carboxylic acids is 1. The van der Waals surface area contributed by atoms with E-state index in [0.29, 0.717) is 12.0 Å². The fraction of sp³-hybridized carbons (Fsp3) is 0.533. The second-order valence-electron chi connectivity index (χ2n) is 6.03. The zero-order chi connectivity index (χ0) is 18.1. The number of hydrogen-bond acceptors (Lipinski definition) is 7. The maximum Gasteiger partial charge on any atom is 0.330 e. The first-order valence-corrected chi connectivity index (χ1v) is 7.85. The Bertz CT molecular complexity index is 871. The smallest absolute Gasteiger partial charge is 0.330 e. The van der Waals surface area contributed by atoms with Crippen LogP contribution in [0.3, 0.4) is 0 Å². The maximum atomic E-state index is 12.1. The van der Waals surface area contributed by atoms with Crippen molar-refractivity contribution in [1.82, 2.24) is 24.3 Å². The van der Waals surface area contributed by atoms with E-state index in [1.807, 2.05) is 0 Å². The first-order valence-electron chi connectivity index (χ1n) is 7.85. The van der Waals surface area contributed by atoms with Gasteiger partial charge in [-0.05, 0) is 13.8 Å². The van der Waals surface area contributed by atoms with Gasteiger partial charge in [-0.3, -0.25) is 19.1 Å². The molecule has 1 aliphatic heterocycles. The van der Waals surface area contributed by atoms with Crippen LogP contribution >= 0.6 is 0 Å². The van der Waals surface area contributed by atoms with Gasteiger partial charge in [0.1, 0.15) is 31.1 Å². The molecule has 10 heteroatoms. The average Bonchev–Trinajstić information content (AvgIpc) is 3.18. The number of aromatic amines is 1. The summed E-state index contributed by atoms with van der Waals surface area (Å²) in [7, 11) is 0. The first kappa shape index (κ1) is 17.1. The lowest BCUT2D eigenvalue weighted by atomic mass is 10.1. The van der Waals surface area contributed by atoms with E-state index in [1.165, 1.54) is 24.0 Å². The van der Waals surface area contributed by atoms with Crippen LogP contribution in [0.4, 0.5) is 0 Å². The third-order valence-corrected chi connectivity index (χ3v) is 4.18. The van der Waals surface area contributed by atoms with Gasteiger partial charge in [-0.1, -0.05) is 0 Å². The Morgan fingerprint density at radius 1 is 1.48 bits per heavy atom. The number of aryl methyl sites for hydroxylation is 1. The third-order valence-electron chi connectivity index (χ3n) is 4.18. The number of rotatable bonds is 4. The molecule has 10 nitrogen and oxygen atoms in total. The second kappa shape index (κ2) is 6.63. The summed E-state index contributed by atoms with van der Waals surface area (Å²) in [5.41, 5.74) is -0.590. The van der Waals surface area contributed by atoms with Crippen molar-refractivity contribution in [3.8, 4) is 0 Å². The van der Waals surface area contributed by atoms with Crippen molar-refractivity contribution in [2.75, 3.05) is 0 Å². The Morgan fingerprint density at radius 3 is 2.88 bits per heavy atom. The van der Waals surface area contributed by atoms with Crippen molar-refractivity contribution >= 4 is 5.97 Å². The Balaban J connectivity index is 1.94. The summed E-state index contributed by atoms with van der Waals surface area (Å²) in [5, 5.41) is 4.13. The summed E-state index contributed by atoms with van der Waals surface area (Å²) < 4.78 is 14.2. The fourth-order valence-electron chi connectivity index (χ4n) is 3.05. The van der Waals surface area contributed by atoms with E-state index in [9.17, 15) is 14.4 Å². The van der Waals surface area contributed by atoms with Gasteiger partial charge in [-0.2, -0.15) is 5.10 Å². The zero-order valence-corrected chi connectivity index (χ0v) is 14.1. The summed E-state index contributed by atoms with van der Waals surface area (Å²) in [6, 6.07) is -0.277. The van der Waals surface area contributed by atoms with E-state index < -0.39 is 35.7 Å². The highest BCUT2D eigenvalue weighted by Crippen LogP contribution is 2.38. The highest BCUT2D eigenvalue weighted by atomic mass is 16.6. The van der Waals surface area contributed by atoms with Crippen molar-refractivity contribution in [2.45, 2.75) is 51.7 Å². The largest absolute Gasteiger partial charge is 0.460 e. The van der Waals surface area contributed by atoms with Gasteiger partial charge >= 0.3 is 11.7 Å². The van der Waals surface area contributed by atoms with Crippen molar-refractivity contribution in [2.24, 2.45) is 0 Å². The number of esters is 1. The highest BCUT2D eigenvalue weighted by molar-refractivity contribution is 5.66. The molecule has 0 unspecified atom stereocenters. The van der Waals surface area contributed by atoms with Crippen molar-refractivity contribution in [3.63, 3.8) is 0 Å². The van der Waals surface area contributed by atoms with Gasteiger partial charge in [0.2, 0.25) is 0 Å². The van der Waals surface area contributed by atoms with Crippen LogP contribution in [0.1, 0.15) is 38.1 Å². The predicted octanol–water partition coefficient (Wildman–Crippen LogP) is -0.0831. The molecule has 0 amide bonds. The molecule has 0 aliphatic carbocycles. The lowest BCUT2D eigenvalue weighted by Gasteiger charge is -2.24. The molecule has 0 radical (unpaired) electrons. The van der Waals surface area contributed by atoms with Crippen LogP contribution in [0.2, 0.25) is 0 Å². The normalized spacial score (nSPS) is 24.2. The van der Waals surface area contributed by atoms with E-state index in [-0.39, 0.29) is 6.04 Å². The standard InChI is InChI=1S/C15H19N5O5/c1-8-5-19(15(23)18-14(8)22)12-4-11(20-7-16-6-17-20)13(25-12)9(2)24-10(3)21/h5-7,9,11-13H,4H2,1-3H3,(H,18,22,23)/t9-,11-,12+,13-/m0/s1. The minimum Gasteiger partial charge on any atom is -0.460 e. The summed E-state index contributed by atoms with van der Waals surface area (Å²) in [5.74, 6) is -0.422. The van der Waals surface area contributed by atoms with Crippen LogP contribution in [0.5, 0.6) is 0 Å². The van der Waals surface area contributed by atoms with Gasteiger partial charge in [0.05, 0.1) is 6.04 Å². The van der Waals surface area contributed by atoms with Crippen LogP contribution in [0.25, 0.3) is 0 Å². The minimum atomic E-state index is -0.625. The Labute approximate surface area is 142 Å². The highest BCUT2D eigenvalue weighted by Gasteiger charge is 2.42. The van der Waals surface area contributed by atoms with Crippen LogP contribution < -0.4 is 11.2 Å². The number of ether oxygens (including phenoxy) is 2. The van der Waals surface area contributed by atoms with E-state index in [1.54, 1.807) is 24.9 Å². The van der Waals surface area contributed by atoms with Gasteiger partial charge in [-0.15, -0.1) is 0 Å². The molecule has 1 N–H and O–H groups in total. The lowest BCUT2D eigenvalue weighted by molar-refractivity contribution is -0.155. The summed E-state index contributed by atoms with van der Waals surface area (Å²) >= 11 is 0. The molecule has 2 aromatic heterocycles. The molecule has 0 saturated carbocycles. The molecule has 1 fully saturated rings. The molecule has 134 valence electrons. The van der Waals surface area contributed by atoms with Crippen LogP contribution in [-0.4, -0.2) is 42.5 Å². The quantitative estimate of drug-likeness (QED) is 0.766. The fourth-order valence-corrected chi connectivity index (χ4v) is 3.05. The second-order valence-corrected chi connectivity index (χ2v) is 6.03. The molecule has 4 atom stereocenters. The van der Waals surface area contributed by atoms with E-state index >= 15 is 0 Å². The molecular formula is C15H19N5O5. The van der Waals surface area contributed by atoms with E-state index in [2.05, 4.69) is 15.1 Å². The predicted molar refractivity (Wildman–Crippen MR) is 84.9 cm³/mol. The van der Waals surface area contributed by atoms with Gasteiger partial charge in [0.25, 0.3) is 5.56 Å². The van der Waals surface area contributed by atoms with E-state index in [4.69, 9.17) is 9.47 Å². The van der Waals surface area contributed by atoms with Gasteiger partial charge < -0.3 is 9.47 Å². The van der Waals surface area contributed by atoms with Gasteiger partial charge in [0, 0.05) is 25.1 Å². The molecule has 1 aliphatic rings. The monoisotopic (exact) mass is 349 g/mol. The number of aromatic nitrogens is 5. The number of H-pyrrole nitrogens is 1. The molecule has 25 heavy (non-hydrogen) atoms. The molecule has 2 aromatic rings. The number of nitrogens with one attached hydrogen (secondary N) is 1.